The molecule has 4 aliphatic rings. The van der Waals surface area contributed by atoms with E-state index in [-0.39, 0.29) is 11.8 Å². The smallest absolute Gasteiger partial charge is 0.237 e. The van der Waals surface area contributed by atoms with E-state index in [0.29, 0.717) is 32.2 Å². The van der Waals surface area contributed by atoms with Crippen LogP contribution in [0.15, 0.2) is 0 Å². The molecule has 4 rings (SSSR count). The molecule has 0 aromatic heterocycles. The number of carbonyl (C=O) groups is 2. The van der Waals surface area contributed by atoms with Gasteiger partial charge in [-0.15, -0.1) is 0 Å². The number of amides is 2. The van der Waals surface area contributed by atoms with E-state index in [1.165, 1.54) is 4.90 Å². The molecule has 2 amide bonds. The van der Waals surface area contributed by atoms with Gasteiger partial charge in [0, 0.05) is 32.4 Å². The molecule has 1 aliphatic carbocycles. The lowest BCUT2D eigenvalue weighted by molar-refractivity contribution is -0.187. The van der Waals surface area contributed by atoms with E-state index in [0.717, 1.165) is 51.6 Å². The largest absolute Gasteiger partial charge is 0.347 e. The molecule has 0 aromatic rings. The first-order valence-corrected chi connectivity index (χ1v) is 9.37. The number of nitrogens with zero attached hydrogens (tertiary/aromatic N) is 2. The summed E-state index contributed by atoms with van der Waals surface area (Å²) in [6.45, 7) is 5.63. The van der Waals surface area contributed by atoms with Crippen molar-refractivity contribution < 1.29 is 19.1 Å². The summed E-state index contributed by atoms with van der Waals surface area (Å²) in [5, 5.41) is 0. The SMILES string of the molecule is CC1CCC2(CC1)CC(=O)N(CN1CCC3(CC1)OCCO3)C2=O. The summed E-state index contributed by atoms with van der Waals surface area (Å²) in [5.41, 5.74) is -0.391. The van der Waals surface area contributed by atoms with Crippen molar-refractivity contribution in [3.05, 3.63) is 0 Å². The highest BCUT2D eigenvalue weighted by molar-refractivity contribution is 6.05. The Hall–Kier alpha value is -0.980. The maximum Gasteiger partial charge on any atom is 0.237 e. The molecule has 24 heavy (non-hydrogen) atoms. The van der Waals surface area contributed by atoms with Crippen LogP contribution in [0.4, 0.5) is 0 Å². The average Bonchev–Trinajstić information content (AvgIpc) is 3.12. The van der Waals surface area contributed by atoms with Gasteiger partial charge in [-0.3, -0.25) is 19.4 Å². The number of carbonyl (C=O) groups excluding carboxylic acids is 2. The molecule has 0 atom stereocenters. The zero-order valence-electron chi connectivity index (χ0n) is 14.6. The van der Waals surface area contributed by atoms with Crippen LogP contribution in [-0.4, -0.2) is 60.4 Å². The highest BCUT2D eigenvalue weighted by atomic mass is 16.7. The third-order valence-electron chi connectivity index (χ3n) is 6.49. The van der Waals surface area contributed by atoms with Gasteiger partial charge in [-0.2, -0.15) is 0 Å². The van der Waals surface area contributed by atoms with E-state index in [9.17, 15) is 9.59 Å². The third-order valence-corrected chi connectivity index (χ3v) is 6.49. The van der Waals surface area contributed by atoms with Crippen molar-refractivity contribution in [3.8, 4) is 0 Å². The molecular formula is C18H28N2O4. The van der Waals surface area contributed by atoms with Gasteiger partial charge >= 0.3 is 0 Å². The van der Waals surface area contributed by atoms with E-state index in [4.69, 9.17) is 9.47 Å². The summed E-state index contributed by atoms with van der Waals surface area (Å²) < 4.78 is 11.5. The average molecular weight is 336 g/mol. The van der Waals surface area contributed by atoms with Crippen LogP contribution in [-0.2, 0) is 19.1 Å². The summed E-state index contributed by atoms with van der Waals surface area (Å²) in [4.78, 5) is 29.2. The van der Waals surface area contributed by atoms with Crippen LogP contribution in [0.3, 0.4) is 0 Å². The van der Waals surface area contributed by atoms with Crippen molar-refractivity contribution >= 4 is 11.8 Å². The van der Waals surface area contributed by atoms with Crippen LogP contribution in [0.2, 0.25) is 0 Å². The molecule has 0 radical (unpaired) electrons. The second-order valence-electron chi connectivity index (χ2n) is 8.13. The number of hydrogen-bond donors (Lipinski definition) is 0. The molecule has 3 saturated heterocycles. The molecule has 0 aromatic carbocycles. The first kappa shape index (κ1) is 16.5. The molecule has 134 valence electrons. The molecule has 6 heteroatoms. The monoisotopic (exact) mass is 336 g/mol. The van der Waals surface area contributed by atoms with Crippen molar-refractivity contribution in [3.63, 3.8) is 0 Å². The van der Waals surface area contributed by atoms with Gasteiger partial charge in [-0.05, 0) is 31.6 Å². The molecular weight excluding hydrogens is 308 g/mol. The number of rotatable bonds is 2. The highest BCUT2D eigenvalue weighted by Crippen LogP contribution is 2.47. The summed E-state index contributed by atoms with van der Waals surface area (Å²) in [5.74, 6) is 0.365. The van der Waals surface area contributed by atoms with Crippen molar-refractivity contribution in [1.82, 2.24) is 9.80 Å². The predicted molar refractivity (Wildman–Crippen MR) is 86.8 cm³/mol. The third kappa shape index (κ3) is 2.78. The fraction of sp³-hybridized carbons (Fsp3) is 0.889. The first-order valence-electron chi connectivity index (χ1n) is 9.37. The Bertz CT molecular complexity index is 511. The van der Waals surface area contributed by atoms with Gasteiger partial charge in [-0.1, -0.05) is 6.92 Å². The molecule has 2 spiro atoms. The van der Waals surface area contributed by atoms with Gasteiger partial charge in [0.1, 0.15) is 0 Å². The number of imide groups is 1. The van der Waals surface area contributed by atoms with E-state index in [1.807, 2.05) is 0 Å². The van der Waals surface area contributed by atoms with Gasteiger partial charge in [-0.25, -0.2) is 0 Å². The topological polar surface area (TPSA) is 59.1 Å². The second kappa shape index (κ2) is 6.07. The summed E-state index contributed by atoms with van der Waals surface area (Å²) in [6.07, 6.45) is 5.92. The van der Waals surface area contributed by atoms with Crippen LogP contribution in [0.5, 0.6) is 0 Å². The molecule has 3 heterocycles. The Morgan fingerprint density at radius 1 is 1.04 bits per heavy atom. The molecule has 3 aliphatic heterocycles. The van der Waals surface area contributed by atoms with Crippen molar-refractivity contribution in [2.24, 2.45) is 11.3 Å². The minimum Gasteiger partial charge on any atom is -0.347 e. The molecule has 6 nitrogen and oxygen atoms in total. The van der Waals surface area contributed by atoms with Crippen molar-refractivity contribution in [1.29, 1.82) is 0 Å². The summed E-state index contributed by atoms with van der Waals surface area (Å²) >= 11 is 0. The molecule has 0 N–H and O–H groups in total. The standard InChI is InChI=1S/C18H28N2O4/c1-14-2-4-17(5-3-14)12-15(21)20(16(17)22)13-19-8-6-18(7-9-19)23-10-11-24-18/h14H,2-13H2,1H3. The van der Waals surface area contributed by atoms with E-state index >= 15 is 0 Å². The minimum atomic E-state index is -0.406. The lowest BCUT2D eigenvalue weighted by Gasteiger charge is -2.39. The first-order chi connectivity index (χ1) is 11.5. The quantitative estimate of drug-likeness (QED) is 0.719. The Kier molecular flexibility index (Phi) is 4.17. The van der Waals surface area contributed by atoms with Crippen LogP contribution < -0.4 is 0 Å². The van der Waals surface area contributed by atoms with Gasteiger partial charge in [0.25, 0.3) is 0 Å². The maximum atomic E-state index is 13.0. The van der Waals surface area contributed by atoms with Crippen LogP contribution in [0.25, 0.3) is 0 Å². The number of hydrogen-bond acceptors (Lipinski definition) is 5. The summed E-state index contributed by atoms with van der Waals surface area (Å²) in [6, 6.07) is 0. The normalized spacial score (nSPS) is 37.0. The lowest BCUT2D eigenvalue weighted by Crippen LogP contribution is -2.50. The lowest BCUT2D eigenvalue weighted by atomic mass is 9.70. The van der Waals surface area contributed by atoms with Crippen LogP contribution in [0.1, 0.15) is 51.9 Å². The Balaban J connectivity index is 1.37. The van der Waals surface area contributed by atoms with Gasteiger partial charge in [0.05, 0.1) is 25.3 Å². The predicted octanol–water partition coefficient (Wildman–Crippen LogP) is 1.74. The van der Waals surface area contributed by atoms with E-state index in [1.54, 1.807) is 0 Å². The number of piperidine rings is 1. The maximum absolute atomic E-state index is 13.0. The zero-order chi connectivity index (χ0) is 16.8. The van der Waals surface area contributed by atoms with Crippen molar-refractivity contribution in [2.45, 2.75) is 57.7 Å². The van der Waals surface area contributed by atoms with Gasteiger partial charge in [0.15, 0.2) is 5.79 Å². The minimum absolute atomic E-state index is 0.0169. The molecule has 1 saturated carbocycles. The highest BCUT2D eigenvalue weighted by Gasteiger charge is 2.52. The Morgan fingerprint density at radius 2 is 1.67 bits per heavy atom. The molecule has 4 fully saturated rings. The van der Waals surface area contributed by atoms with Gasteiger partial charge < -0.3 is 9.47 Å². The van der Waals surface area contributed by atoms with Crippen molar-refractivity contribution in [2.75, 3.05) is 33.0 Å². The Morgan fingerprint density at radius 3 is 2.29 bits per heavy atom. The second-order valence-corrected chi connectivity index (χ2v) is 8.13. The van der Waals surface area contributed by atoms with Crippen LogP contribution in [0, 0.1) is 11.3 Å². The zero-order valence-corrected chi connectivity index (χ0v) is 14.6. The fourth-order valence-electron chi connectivity index (χ4n) is 4.73. The van der Waals surface area contributed by atoms with Gasteiger partial charge in [0.2, 0.25) is 11.8 Å². The molecule has 0 bridgehead atoms. The number of ether oxygens (including phenoxy) is 2. The van der Waals surface area contributed by atoms with E-state index < -0.39 is 11.2 Å². The fourth-order valence-corrected chi connectivity index (χ4v) is 4.73. The number of likely N-dealkylation sites (tertiary alicyclic amines) is 2. The Labute approximate surface area is 143 Å². The van der Waals surface area contributed by atoms with E-state index in [2.05, 4.69) is 11.8 Å². The molecule has 0 unspecified atom stereocenters. The van der Waals surface area contributed by atoms with Crippen LogP contribution >= 0.6 is 0 Å². The summed E-state index contributed by atoms with van der Waals surface area (Å²) in [7, 11) is 0.